The first-order chi connectivity index (χ1) is 8.75. The first-order valence-electron chi connectivity index (χ1n) is 5.33. The lowest BCUT2D eigenvalue weighted by atomic mass is 10.0. The molecule has 5 heteroatoms. The highest BCUT2D eigenvalue weighted by Crippen LogP contribution is 2.36. The summed E-state index contributed by atoms with van der Waals surface area (Å²) in [5.41, 5.74) is 1.53. The monoisotopic (exact) mass is 243 g/mol. The Bertz CT molecular complexity index is 624. The van der Waals surface area contributed by atoms with E-state index in [4.69, 9.17) is 14.6 Å². The molecule has 0 unspecified atom stereocenters. The molecule has 0 spiro atoms. The number of hydrogen-bond donors (Lipinski definition) is 1. The molecule has 1 aromatic heterocycles. The molecule has 1 aromatic carbocycles. The molecule has 0 radical (unpaired) electrons. The van der Waals surface area contributed by atoms with Gasteiger partial charge in [0, 0.05) is 12.4 Å². The molecule has 0 saturated carbocycles. The van der Waals surface area contributed by atoms with Crippen molar-refractivity contribution in [3.8, 4) is 22.6 Å². The van der Waals surface area contributed by atoms with E-state index in [0.717, 1.165) is 5.56 Å². The summed E-state index contributed by atoms with van der Waals surface area (Å²) in [6, 6.07) is 7.00. The summed E-state index contributed by atoms with van der Waals surface area (Å²) < 4.78 is 10.5. The molecule has 5 nitrogen and oxygen atoms in total. The molecule has 2 aromatic rings. The van der Waals surface area contributed by atoms with E-state index in [-0.39, 0.29) is 12.4 Å². The maximum atomic E-state index is 11.1. The van der Waals surface area contributed by atoms with Gasteiger partial charge in [0.1, 0.15) is 0 Å². The predicted octanol–water partition coefficient (Wildman–Crippen LogP) is 2.18. The third-order valence-electron chi connectivity index (χ3n) is 2.74. The second kappa shape index (κ2) is 4.03. The van der Waals surface area contributed by atoms with Gasteiger partial charge in [0.2, 0.25) is 6.79 Å². The lowest BCUT2D eigenvalue weighted by molar-refractivity contribution is 0.0697. The first-order valence-corrected chi connectivity index (χ1v) is 5.33. The molecular formula is C13H9NO4. The summed E-state index contributed by atoms with van der Waals surface area (Å²) in [4.78, 5) is 15.0. The van der Waals surface area contributed by atoms with Crippen LogP contribution < -0.4 is 9.47 Å². The number of aromatic carboxylic acids is 1. The Morgan fingerprint density at radius 1 is 1.22 bits per heavy atom. The number of benzene rings is 1. The van der Waals surface area contributed by atoms with Crippen LogP contribution in [0.3, 0.4) is 0 Å². The van der Waals surface area contributed by atoms with E-state index in [9.17, 15) is 4.79 Å². The lowest BCUT2D eigenvalue weighted by Gasteiger charge is -2.06. The topological polar surface area (TPSA) is 68.7 Å². The summed E-state index contributed by atoms with van der Waals surface area (Å²) in [5, 5.41) is 9.12. The van der Waals surface area contributed by atoms with Crippen molar-refractivity contribution in [3.05, 3.63) is 42.2 Å². The first kappa shape index (κ1) is 10.6. The number of fused-ring (bicyclic) bond motifs is 1. The Hall–Kier alpha value is -2.56. The molecule has 90 valence electrons. The minimum Gasteiger partial charge on any atom is -0.478 e. The van der Waals surface area contributed by atoms with Crippen molar-refractivity contribution in [2.45, 2.75) is 0 Å². The highest BCUT2D eigenvalue weighted by molar-refractivity contribution is 5.95. The fourth-order valence-corrected chi connectivity index (χ4v) is 1.88. The number of aromatic nitrogens is 1. The second-order valence-corrected chi connectivity index (χ2v) is 3.79. The second-order valence-electron chi connectivity index (χ2n) is 3.79. The van der Waals surface area contributed by atoms with Gasteiger partial charge >= 0.3 is 5.97 Å². The largest absolute Gasteiger partial charge is 0.478 e. The molecule has 18 heavy (non-hydrogen) atoms. The van der Waals surface area contributed by atoms with E-state index in [1.807, 2.05) is 0 Å². The Labute approximate surface area is 103 Å². The zero-order valence-electron chi connectivity index (χ0n) is 9.29. The fourth-order valence-electron chi connectivity index (χ4n) is 1.88. The maximum Gasteiger partial charge on any atom is 0.337 e. The molecule has 0 bridgehead atoms. The molecule has 0 fully saturated rings. The molecule has 0 amide bonds. The van der Waals surface area contributed by atoms with Crippen LogP contribution in [0.1, 0.15) is 10.4 Å². The van der Waals surface area contributed by atoms with Gasteiger partial charge in [-0.3, -0.25) is 4.98 Å². The molecular weight excluding hydrogens is 234 g/mol. The summed E-state index contributed by atoms with van der Waals surface area (Å²) in [7, 11) is 0. The van der Waals surface area contributed by atoms with Crippen LogP contribution in [-0.4, -0.2) is 22.9 Å². The van der Waals surface area contributed by atoms with Crippen LogP contribution in [0.5, 0.6) is 11.5 Å². The average Bonchev–Trinajstić information content (AvgIpc) is 2.85. The average molecular weight is 243 g/mol. The Balaban J connectivity index is 2.13. The number of carbonyl (C=O) groups is 1. The number of carboxylic acids is 1. The van der Waals surface area contributed by atoms with E-state index < -0.39 is 5.97 Å². The maximum absolute atomic E-state index is 11.1. The molecule has 0 atom stereocenters. The Morgan fingerprint density at radius 2 is 2.06 bits per heavy atom. The molecule has 0 saturated heterocycles. The van der Waals surface area contributed by atoms with Crippen LogP contribution in [0.15, 0.2) is 36.7 Å². The molecule has 1 N–H and O–H groups in total. The van der Waals surface area contributed by atoms with Gasteiger partial charge in [-0.2, -0.15) is 0 Å². The van der Waals surface area contributed by atoms with Crippen LogP contribution in [0, 0.1) is 0 Å². The summed E-state index contributed by atoms with van der Waals surface area (Å²) in [6.07, 6.45) is 2.90. The third-order valence-corrected chi connectivity index (χ3v) is 2.74. The zero-order valence-corrected chi connectivity index (χ0v) is 9.29. The van der Waals surface area contributed by atoms with Crippen LogP contribution in [0.25, 0.3) is 11.1 Å². The van der Waals surface area contributed by atoms with Gasteiger partial charge in [0.25, 0.3) is 0 Å². The van der Waals surface area contributed by atoms with E-state index in [2.05, 4.69) is 4.98 Å². The summed E-state index contributed by atoms with van der Waals surface area (Å²) in [5.74, 6) is 0.293. The van der Waals surface area contributed by atoms with Gasteiger partial charge in [0.05, 0.1) is 5.56 Å². The van der Waals surface area contributed by atoms with E-state index in [1.165, 1.54) is 6.20 Å². The summed E-state index contributed by atoms with van der Waals surface area (Å²) in [6.45, 7) is 0.195. The Morgan fingerprint density at radius 3 is 2.89 bits per heavy atom. The number of nitrogens with zero attached hydrogens (tertiary/aromatic N) is 1. The van der Waals surface area contributed by atoms with Crippen molar-refractivity contribution >= 4 is 5.97 Å². The number of carboxylic acid groups (broad SMARTS) is 1. The zero-order chi connectivity index (χ0) is 12.5. The van der Waals surface area contributed by atoms with E-state index >= 15 is 0 Å². The predicted molar refractivity (Wildman–Crippen MR) is 62.8 cm³/mol. The number of pyridine rings is 1. The molecule has 1 aliphatic rings. The van der Waals surface area contributed by atoms with Crippen LogP contribution in [0.2, 0.25) is 0 Å². The van der Waals surface area contributed by atoms with Gasteiger partial charge in [-0.1, -0.05) is 6.07 Å². The van der Waals surface area contributed by atoms with Crippen molar-refractivity contribution in [2.24, 2.45) is 0 Å². The molecule has 2 heterocycles. The van der Waals surface area contributed by atoms with Crippen molar-refractivity contribution < 1.29 is 19.4 Å². The van der Waals surface area contributed by atoms with Gasteiger partial charge in [-0.05, 0) is 29.3 Å². The van der Waals surface area contributed by atoms with E-state index in [1.54, 1.807) is 30.5 Å². The van der Waals surface area contributed by atoms with Gasteiger partial charge < -0.3 is 14.6 Å². The van der Waals surface area contributed by atoms with Gasteiger partial charge in [0.15, 0.2) is 11.5 Å². The van der Waals surface area contributed by atoms with Crippen LogP contribution >= 0.6 is 0 Å². The minimum absolute atomic E-state index is 0.163. The van der Waals surface area contributed by atoms with Crippen molar-refractivity contribution in [1.29, 1.82) is 0 Å². The quantitative estimate of drug-likeness (QED) is 0.875. The molecule has 0 aliphatic carbocycles. The number of hydrogen-bond acceptors (Lipinski definition) is 4. The summed E-state index contributed by atoms with van der Waals surface area (Å²) >= 11 is 0. The number of rotatable bonds is 2. The van der Waals surface area contributed by atoms with Crippen molar-refractivity contribution in [1.82, 2.24) is 4.98 Å². The highest BCUT2D eigenvalue weighted by Gasteiger charge is 2.17. The smallest absolute Gasteiger partial charge is 0.337 e. The standard InChI is InChI=1S/C13H9NO4/c15-13(16)10-6-14-4-3-9(10)8-1-2-11-12(5-8)18-7-17-11/h1-6H,7H2,(H,15,16). The number of ether oxygens (including phenoxy) is 2. The molecule has 3 rings (SSSR count). The Kier molecular flexibility index (Phi) is 2.37. The van der Waals surface area contributed by atoms with Crippen LogP contribution in [-0.2, 0) is 0 Å². The normalized spacial score (nSPS) is 12.4. The fraction of sp³-hybridized carbons (Fsp3) is 0.0769. The van der Waals surface area contributed by atoms with E-state index in [0.29, 0.717) is 17.1 Å². The SMILES string of the molecule is O=C(O)c1cnccc1-c1ccc2c(c1)OCO2. The minimum atomic E-state index is -1.00. The lowest BCUT2D eigenvalue weighted by Crippen LogP contribution is -2.00. The van der Waals surface area contributed by atoms with Crippen molar-refractivity contribution in [3.63, 3.8) is 0 Å². The van der Waals surface area contributed by atoms with Gasteiger partial charge in [-0.25, -0.2) is 4.79 Å². The molecule has 1 aliphatic heterocycles. The highest BCUT2D eigenvalue weighted by atomic mass is 16.7. The van der Waals surface area contributed by atoms with Gasteiger partial charge in [-0.15, -0.1) is 0 Å². The van der Waals surface area contributed by atoms with Crippen molar-refractivity contribution in [2.75, 3.05) is 6.79 Å². The third kappa shape index (κ3) is 1.66. The van der Waals surface area contributed by atoms with Crippen LogP contribution in [0.4, 0.5) is 0 Å².